The van der Waals surface area contributed by atoms with E-state index in [0.29, 0.717) is 35.1 Å². The standard InChI is InChI=1S/C28H37FN2O3/c29-14-20(15-30)16-34-24-3-1-23(2-4-24)28-11-19-9-21(12-28)25(22(10-19)13-28)26(32)31-17-27(18-31)5-7-33-8-6-27/h1-4,14,19,21-22,25H,5-13,15-18,30H2/b20-14+/t19?,21-,22?,25?,28?/m1/s1. The molecule has 0 aromatic heterocycles. The summed E-state index contributed by atoms with van der Waals surface area (Å²) in [5.74, 6) is 3.20. The maximum atomic E-state index is 13.6. The van der Waals surface area contributed by atoms with Crippen molar-refractivity contribution in [3.63, 3.8) is 0 Å². The molecule has 4 unspecified atom stereocenters. The van der Waals surface area contributed by atoms with Crippen molar-refractivity contribution in [1.82, 2.24) is 4.90 Å². The maximum Gasteiger partial charge on any atom is 0.226 e. The van der Waals surface area contributed by atoms with Crippen molar-refractivity contribution >= 4 is 5.91 Å². The Morgan fingerprint density at radius 2 is 1.79 bits per heavy atom. The van der Waals surface area contributed by atoms with Crippen molar-refractivity contribution in [2.24, 2.45) is 34.8 Å². The number of nitrogens with zero attached hydrogens (tertiary/aromatic N) is 1. The average molecular weight is 469 g/mol. The van der Waals surface area contributed by atoms with E-state index < -0.39 is 0 Å². The highest BCUT2D eigenvalue weighted by molar-refractivity contribution is 5.81. The van der Waals surface area contributed by atoms with E-state index in [0.717, 1.165) is 63.7 Å². The van der Waals surface area contributed by atoms with Gasteiger partial charge in [-0.25, -0.2) is 4.39 Å². The highest BCUT2D eigenvalue weighted by Gasteiger charge is 2.59. The molecular formula is C28H37FN2O3. The first-order chi connectivity index (χ1) is 16.5. The van der Waals surface area contributed by atoms with Gasteiger partial charge in [0.1, 0.15) is 12.4 Å². The summed E-state index contributed by atoms with van der Waals surface area (Å²) in [6.07, 6.45) is 8.70. The summed E-state index contributed by atoms with van der Waals surface area (Å²) in [5.41, 5.74) is 7.90. The van der Waals surface area contributed by atoms with Gasteiger partial charge in [0, 0.05) is 49.8 Å². The molecule has 2 N–H and O–H groups in total. The first kappa shape index (κ1) is 22.5. The summed E-state index contributed by atoms with van der Waals surface area (Å²) in [6, 6.07) is 8.42. The van der Waals surface area contributed by atoms with Gasteiger partial charge in [0.25, 0.3) is 0 Å². The number of amides is 1. The molecule has 7 rings (SSSR count). The first-order valence-corrected chi connectivity index (χ1v) is 13.1. The van der Waals surface area contributed by atoms with Crippen LogP contribution in [0.1, 0.15) is 50.5 Å². The largest absolute Gasteiger partial charge is 0.489 e. The van der Waals surface area contributed by atoms with Crippen LogP contribution in [0.25, 0.3) is 0 Å². The third kappa shape index (κ3) is 3.78. The van der Waals surface area contributed by atoms with E-state index in [1.165, 1.54) is 24.8 Å². The van der Waals surface area contributed by atoms with Crippen molar-refractivity contribution in [3.8, 4) is 5.75 Å². The summed E-state index contributed by atoms with van der Waals surface area (Å²) in [6.45, 7) is 3.94. The molecule has 6 aliphatic rings. The normalized spacial score (nSPS) is 35.9. The zero-order chi connectivity index (χ0) is 23.3. The minimum absolute atomic E-state index is 0.161. The number of halogens is 1. The van der Waals surface area contributed by atoms with E-state index in [1.807, 2.05) is 12.1 Å². The van der Waals surface area contributed by atoms with Gasteiger partial charge in [0.05, 0.1) is 6.33 Å². The van der Waals surface area contributed by atoms with Crippen LogP contribution in [0, 0.1) is 29.1 Å². The highest BCUT2D eigenvalue weighted by atomic mass is 19.1. The van der Waals surface area contributed by atoms with Gasteiger partial charge in [-0.15, -0.1) is 0 Å². The van der Waals surface area contributed by atoms with Gasteiger partial charge in [-0.2, -0.15) is 0 Å². The molecule has 4 aliphatic carbocycles. The molecule has 6 heteroatoms. The quantitative estimate of drug-likeness (QED) is 0.679. The van der Waals surface area contributed by atoms with Gasteiger partial charge < -0.3 is 20.1 Å². The van der Waals surface area contributed by atoms with E-state index in [2.05, 4.69) is 17.0 Å². The Morgan fingerprint density at radius 1 is 1.12 bits per heavy atom. The molecule has 1 spiro atoms. The van der Waals surface area contributed by atoms with Crippen LogP contribution < -0.4 is 10.5 Å². The number of benzene rings is 1. The summed E-state index contributed by atoms with van der Waals surface area (Å²) in [5, 5.41) is 0. The predicted molar refractivity (Wildman–Crippen MR) is 128 cm³/mol. The molecule has 1 amide bonds. The fraction of sp³-hybridized carbons (Fsp3) is 0.679. The molecule has 4 bridgehead atoms. The number of rotatable bonds is 6. The van der Waals surface area contributed by atoms with Gasteiger partial charge in [-0.1, -0.05) is 12.1 Å². The first-order valence-electron chi connectivity index (χ1n) is 13.1. The summed E-state index contributed by atoms with van der Waals surface area (Å²) in [7, 11) is 0. The van der Waals surface area contributed by atoms with Crippen LogP contribution in [0.3, 0.4) is 0 Å². The Kier molecular flexibility index (Phi) is 5.72. The van der Waals surface area contributed by atoms with Crippen molar-refractivity contribution in [2.75, 3.05) is 39.5 Å². The van der Waals surface area contributed by atoms with E-state index in [1.54, 1.807) is 0 Å². The number of ether oxygens (including phenoxy) is 2. The Bertz CT molecular complexity index is 931. The second-order valence-electron chi connectivity index (χ2n) is 11.9. The van der Waals surface area contributed by atoms with Crippen LogP contribution in [0.2, 0.25) is 0 Å². The lowest BCUT2D eigenvalue weighted by Gasteiger charge is -2.61. The Labute approximate surface area is 201 Å². The monoisotopic (exact) mass is 468 g/mol. The van der Waals surface area contributed by atoms with Crippen molar-refractivity contribution in [3.05, 3.63) is 41.7 Å². The number of hydrogen-bond donors (Lipinski definition) is 1. The van der Waals surface area contributed by atoms with Crippen LogP contribution >= 0.6 is 0 Å². The molecule has 5 atom stereocenters. The van der Waals surface area contributed by atoms with Crippen LogP contribution in [0.5, 0.6) is 5.75 Å². The van der Waals surface area contributed by atoms with E-state index in [9.17, 15) is 9.18 Å². The smallest absolute Gasteiger partial charge is 0.226 e. The minimum atomic E-state index is 0.161. The predicted octanol–water partition coefficient (Wildman–Crippen LogP) is 4.21. The van der Waals surface area contributed by atoms with Crippen molar-refractivity contribution in [2.45, 2.75) is 50.4 Å². The summed E-state index contributed by atoms with van der Waals surface area (Å²) in [4.78, 5) is 15.8. The van der Waals surface area contributed by atoms with Gasteiger partial charge in [-0.05, 0) is 85.8 Å². The van der Waals surface area contributed by atoms with Crippen LogP contribution in [0.4, 0.5) is 4.39 Å². The lowest BCUT2D eigenvalue weighted by atomic mass is 9.44. The van der Waals surface area contributed by atoms with Crippen LogP contribution in [-0.2, 0) is 14.9 Å². The Balaban J connectivity index is 1.13. The number of carbonyl (C=O) groups excluding carboxylic acids is 1. The second kappa shape index (κ2) is 8.63. The number of carbonyl (C=O) groups is 1. The molecule has 1 aromatic carbocycles. The highest BCUT2D eigenvalue weighted by Crippen LogP contribution is 2.63. The summed E-state index contributed by atoms with van der Waals surface area (Å²) < 4.78 is 24.0. The lowest BCUT2D eigenvalue weighted by molar-refractivity contribution is -0.168. The van der Waals surface area contributed by atoms with Crippen molar-refractivity contribution in [1.29, 1.82) is 0 Å². The Morgan fingerprint density at radius 3 is 2.41 bits per heavy atom. The van der Waals surface area contributed by atoms with Gasteiger partial charge in [-0.3, -0.25) is 4.79 Å². The zero-order valence-corrected chi connectivity index (χ0v) is 20.0. The number of nitrogens with two attached hydrogens (primary N) is 1. The molecule has 184 valence electrons. The molecule has 2 heterocycles. The molecule has 34 heavy (non-hydrogen) atoms. The molecule has 1 aromatic rings. The Hall–Kier alpha value is -1.92. The fourth-order valence-corrected chi connectivity index (χ4v) is 8.25. The molecule has 4 saturated carbocycles. The SMILES string of the molecule is NC/C(=C\F)COc1ccc(C23CC4CC(C2)C(C(=O)N2CC5(CCOCC5)C2)[C@H](C4)C3)cc1. The van der Waals surface area contributed by atoms with E-state index in [4.69, 9.17) is 15.2 Å². The summed E-state index contributed by atoms with van der Waals surface area (Å²) >= 11 is 0. The molecule has 2 saturated heterocycles. The molecular weight excluding hydrogens is 431 g/mol. The van der Waals surface area contributed by atoms with Gasteiger partial charge in [0.2, 0.25) is 5.91 Å². The van der Waals surface area contributed by atoms with E-state index >= 15 is 0 Å². The van der Waals surface area contributed by atoms with Gasteiger partial charge in [0.15, 0.2) is 0 Å². The molecule has 0 radical (unpaired) electrons. The third-order valence-electron chi connectivity index (χ3n) is 9.78. The molecule has 6 fully saturated rings. The minimum Gasteiger partial charge on any atom is -0.489 e. The number of hydrogen-bond acceptors (Lipinski definition) is 4. The topological polar surface area (TPSA) is 64.8 Å². The lowest BCUT2D eigenvalue weighted by Crippen LogP contribution is -2.64. The van der Waals surface area contributed by atoms with Crippen LogP contribution in [0.15, 0.2) is 36.2 Å². The fourth-order valence-electron chi connectivity index (χ4n) is 8.25. The van der Waals surface area contributed by atoms with Crippen molar-refractivity contribution < 1.29 is 18.7 Å². The molecule has 5 nitrogen and oxygen atoms in total. The number of likely N-dealkylation sites (tertiary alicyclic amines) is 1. The average Bonchev–Trinajstić information content (AvgIpc) is 2.83. The second-order valence-corrected chi connectivity index (χ2v) is 11.9. The molecule has 2 aliphatic heterocycles. The van der Waals surface area contributed by atoms with E-state index in [-0.39, 0.29) is 24.5 Å². The third-order valence-corrected chi connectivity index (χ3v) is 9.78. The maximum absolute atomic E-state index is 13.6. The van der Waals surface area contributed by atoms with Crippen LogP contribution in [-0.4, -0.2) is 50.3 Å². The zero-order valence-electron chi connectivity index (χ0n) is 20.0. The van der Waals surface area contributed by atoms with Gasteiger partial charge >= 0.3 is 0 Å².